The number of hydrogen-bond acceptors (Lipinski definition) is 5. The molecule has 0 radical (unpaired) electrons. The minimum Gasteiger partial charge on any atom is -0.486 e. The van der Waals surface area contributed by atoms with Gasteiger partial charge in [-0.2, -0.15) is 0 Å². The van der Waals surface area contributed by atoms with E-state index in [-0.39, 0.29) is 29.1 Å². The number of nitrogens with two attached hydrogens (primary N) is 1. The Morgan fingerprint density at radius 1 is 1.12 bits per heavy atom. The molecule has 0 aromatic heterocycles. The standard InChI is InChI=1S/C18H20N2O4S.ClH/c19-13-7-8-14-12(11-13)3-1-4-15(14)20-25(21,22)17-6-2-5-16-18(17)24-10-9-23-16;/h2,5-8,11,15,20H,1,3-4,9-10,19H2;1H. The van der Waals surface area contributed by atoms with Crippen molar-refractivity contribution in [1.82, 2.24) is 4.72 Å². The highest BCUT2D eigenvalue weighted by molar-refractivity contribution is 7.89. The first-order chi connectivity index (χ1) is 12.0. The smallest absolute Gasteiger partial charge is 0.244 e. The van der Waals surface area contributed by atoms with Crippen molar-refractivity contribution in [2.45, 2.75) is 30.2 Å². The molecule has 1 aliphatic heterocycles. The summed E-state index contributed by atoms with van der Waals surface area (Å²) in [5.41, 5.74) is 8.65. The lowest BCUT2D eigenvalue weighted by Crippen LogP contribution is -2.32. The lowest BCUT2D eigenvalue weighted by Gasteiger charge is -2.27. The van der Waals surface area contributed by atoms with E-state index in [1.165, 1.54) is 0 Å². The van der Waals surface area contributed by atoms with Gasteiger partial charge in [-0.3, -0.25) is 0 Å². The highest BCUT2D eigenvalue weighted by Crippen LogP contribution is 2.38. The Bertz CT molecular complexity index is 917. The second-order valence-electron chi connectivity index (χ2n) is 6.30. The SMILES string of the molecule is Cl.Nc1ccc2c(c1)CCCC2NS(=O)(=O)c1cccc2c1OCCO2. The van der Waals surface area contributed by atoms with Crippen LogP contribution < -0.4 is 19.9 Å². The number of nitrogen functional groups attached to an aromatic ring is 1. The van der Waals surface area contributed by atoms with Gasteiger partial charge in [0.05, 0.1) is 0 Å². The van der Waals surface area contributed by atoms with Crippen LogP contribution in [0.1, 0.15) is 30.0 Å². The van der Waals surface area contributed by atoms with Crippen molar-refractivity contribution >= 4 is 28.1 Å². The van der Waals surface area contributed by atoms with E-state index in [9.17, 15) is 8.42 Å². The first-order valence-electron chi connectivity index (χ1n) is 8.34. The van der Waals surface area contributed by atoms with Crippen LogP contribution >= 0.6 is 12.4 Å². The van der Waals surface area contributed by atoms with Crippen molar-refractivity contribution in [1.29, 1.82) is 0 Å². The number of nitrogens with one attached hydrogen (secondary N) is 1. The van der Waals surface area contributed by atoms with E-state index in [4.69, 9.17) is 15.2 Å². The summed E-state index contributed by atoms with van der Waals surface area (Å²) in [6.45, 7) is 0.756. The van der Waals surface area contributed by atoms with Gasteiger partial charge in [0, 0.05) is 11.7 Å². The van der Waals surface area contributed by atoms with E-state index in [1.807, 2.05) is 18.2 Å². The van der Waals surface area contributed by atoms with E-state index in [0.29, 0.717) is 24.7 Å². The molecule has 1 atom stereocenters. The Hall–Kier alpha value is -1.96. The quantitative estimate of drug-likeness (QED) is 0.778. The zero-order valence-corrected chi connectivity index (χ0v) is 15.7. The van der Waals surface area contributed by atoms with E-state index in [1.54, 1.807) is 18.2 Å². The van der Waals surface area contributed by atoms with Gasteiger partial charge in [-0.25, -0.2) is 13.1 Å². The first-order valence-corrected chi connectivity index (χ1v) is 9.82. The van der Waals surface area contributed by atoms with E-state index in [2.05, 4.69) is 4.72 Å². The number of anilines is 1. The molecule has 0 spiro atoms. The lowest BCUT2D eigenvalue weighted by molar-refractivity contribution is 0.167. The minimum absolute atomic E-state index is 0. The normalized spacial score (nSPS) is 18.5. The predicted octanol–water partition coefficient (Wildman–Crippen LogP) is 2.82. The number of para-hydroxylation sites is 1. The second kappa shape index (κ2) is 7.34. The van der Waals surface area contributed by atoms with Crippen LogP contribution in [-0.2, 0) is 16.4 Å². The number of ether oxygens (including phenoxy) is 2. The molecular formula is C18H21ClN2O4S. The molecule has 2 aromatic carbocycles. The maximum atomic E-state index is 13.0. The van der Waals surface area contributed by atoms with Crippen molar-refractivity contribution in [3.05, 3.63) is 47.5 Å². The Labute approximate surface area is 159 Å². The molecule has 0 fully saturated rings. The summed E-state index contributed by atoms with van der Waals surface area (Å²) >= 11 is 0. The molecule has 2 aliphatic rings. The van der Waals surface area contributed by atoms with Gasteiger partial charge < -0.3 is 15.2 Å². The molecule has 4 rings (SSSR count). The van der Waals surface area contributed by atoms with Crippen LogP contribution in [0.2, 0.25) is 0 Å². The van der Waals surface area contributed by atoms with Crippen LogP contribution in [0.5, 0.6) is 11.5 Å². The molecular weight excluding hydrogens is 376 g/mol. The molecule has 140 valence electrons. The van der Waals surface area contributed by atoms with Gasteiger partial charge in [0.15, 0.2) is 11.5 Å². The monoisotopic (exact) mass is 396 g/mol. The van der Waals surface area contributed by atoms with Crippen LogP contribution in [0.15, 0.2) is 41.3 Å². The van der Waals surface area contributed by atoms with Gasteiger partial charge in [0.2, 0.25) is 10.0 Å². The number of aryl methyl sites for hydroxylation is 1. The average molecular weight is 397 g/mol. The number of halogens is 1. The largest absolute Gasteiger partial charge is 0.486 e. The van der Waals surface area contributed by atoms with Crippen LogP contribution in [0, 0.1) is 0 Å². The topological polar surface area (TPSA) is 90.7 Å². The fourth-order valence-corrected chi connectivity index (χ4v) is 4.87. The molecule has 0 amide bonds. The van der Waals surface area contributed by atoms with Crippen LogP contribution in [0.3, 0.4) is 0 Å². The summed E-state index contributed by atoms with van der Waals surface area (Å²) in [7, 11) is -3.74. The Morgan fingerprint density at radius 2 is 1.92 bits per heavy atom. The number of rotatable bonds is 3. The number of fused-ring (bicyclic) bond motifs is 2. The van der Waals surface area contributed by atoms with Crippen LogP contribution in [-0.4, -0.2) is 21.6 Å². The van der Waals surface area contributed by atoms with Crippen molar-refractivity contribution in [3.63, 3.8) is 0 Å². The third-order valence-electron chi connectivity index (χ3n) is 4.60. The van der Waals surface area contributed by atoms with Crippen molar-refractivity contribution in [2.24, 2.45) is 0 Å². The van der Waals surface area contributed by atoms with E-state index >= 15 is 0 Å². The number of hydrogen-bond donors (Lipinski definition) is 2. The summed E-state index contributed by atoms with van der Waals surface area (Å²) in [6.07, 6.45) is 2.58. The van der Waals surface area contributed by atoms with Crippen LogP contribution in [0.4, 0.5) is 5.69 Å². The molecule has 8 heteroatoms. The highest BCUT2D eigenvalue weighted by atomic mass is 35.5. The Balaban J connectivity index is 0.00000196. The van der Waals surface area contributed by atoms with E-state index in [0.717, 1.165) is 30.4 Å². The number of sulfonamides is 1. The fraction of sp³-hybridized carbons (Fsp3) is 0.333. The molecule has 1 heterocycles. The molecule has 26 heavy (non-hydrogen) atoms. The predicted molar refractivity (Wildman–Crippen MR) is 102 cm³/mol. The molecule has 1 unspecified atom stereocenters. The van der Waals surface area contributed by atoms with Crippen molar-refractivity contribution in [3.8, 4) is 11.5 Å². The molecule has 2 aromatic rings. The maximum absolute atomic E-state index is 13.0. The lowest BCUT2D eigenvalue weighted by atomic mass is 9.88. The van der Waals surface area contributed by atoms with Gasteiger partial charge in [-0.15, -0.1) is 12.4 Å². The molecule has 1 aliphatic carbocycles. The molecule has 0 saturated carbocycles. The zero-order valence-electron chi connectivity index (χ0n) is 14.1. The molecule has 6 nitrogen and oxygen atoms in total. The van der Waals surface area contributed by atoms with E-state index < -0.39 is 10.0 Å². The zero-order chi connectivity index (χ0) is 17.4. The summed E-state index contributed by atoms with van der Waals surface area (Å²) < 4.78 is 39.8. The summed E-state index contributed by atoms with van der Waals surface area (Å²) in [5, 5.41) is 0. The Kier molecular flexibility index (Phi) is 5.32. The minimum atomic E-state index is -3.74. The van der Waals surface area contributed by atoms with Crippen LogP contribution in [0.25, 0.3) is 0 Å². The van der Waals surface area contributed by atoms with Crippen molar-refractivity contribution in [2.75, 3.05) is 18.9 Å². The third-order valence-corrected chi connectivity index (χ3v) is 6.09. The average Bonchev–Trinajstić information content (AvgIpc) is 2.61. The van der Waals surface area contributed by atoms with Gasteiger partial charge in [-0.1, -0.05) is 12.1 Å². The highest BCUT2D eigenvalue weighted by Gasteiger charge is 2.30. The summed E-state index contributed by atoms with van der Waals surface area (Å²) in [6, 6.07) is 10.3. The summed E-state index contributed by atoms with van der Waals surface area (Å²) in [4.78, 5) is 0.118. The molecule has 0 bridgehead atoms. The Morgan fingerprint density at radius 3 is 2.77 bits per heavy atom. The number of benzene rings is 2. The van der Waals surface area contributed by atoms with Gasteiger partial charge in [-0.05, 0) is 54.7 Å². The van der Waals surface area contributed by atoms with Gasteiger partial charge in [0.25, 0.3) is 0 Å². The summed E-state index contributed by atoms with van der Waals surface area (Å²) in [5.74, 6) is 0.750. The molecule has 3 N–H and O–H groups in total. The third kappa shape index (κ3) is 3.47. The molecule has 0 saturated heterocycles. The van der Waals surface area contributed by atoms with Crippen molar-refractivity contribution < 1.29 is 17.9 Å². The first kappa shape index (κ1) is 18.8. The maximum Gasteiger partial charge on any atom is 0.244 e. The van der Waals surface area contributed by atoms with Gasteiger partial charge in [0.1, 0.15) is 18.1 Å². The fourth-order valence-electron chi connectivity index (χ4n) is 3.47. The van der Waals surface area contributed by atoms with Gasteiger partial charge >= 0.3 is 0 Å². The second-order valence-corrected chi connectivity index (χ2v) is 7.99.